The molecule has 2 aromatic carbocycles. The SMILES string of the molecule is COc1cccc(/C=C/C(=O)NCCc2nc3cc(OC)ccc3n2C)c1. The molecule has 0 fully saturated rings. The van der Waals surface area contributed by atoms with Crippen molar-refractivity contribution in [2.24, 2.45) is 7.05 Å². The number of nitrogens with one attached hydrogen (secondary N) is 1. The van der Waals surface area contributed by atoms with Crippen LogP contribution >= 0.6 is 0 Å². The zero-order valence-corrected chi connectivity index (χ0v) is 15.7. The Bertz CT molecular complexity index is 976. The molecule has 1 heterocycles. The molecule has 1 N–H and O–H groups in total. The lowest BCUT2D eigenvalue weighted by Gasteiger charge is -2.04. The van der Waals surface area contributed by atoms with E-state index in [1.54, 1.807) is 20.3 Å². The van der Waals surface area contributed by atoms with Gasteiger partial charge in [0.15, 0.2) is 0 Å². The lowest BCUT2D eigenvalue weighted by Crippen LogP contribution is -2.24. The van der Waals surface area contributed by atoms with Crippen LogP contribution in [0.15, 0.2) is 48.5 Å². The lowest BCUT2D eigenvalue weighted by atomic mass is 10.2. The number of carbonyl (C=O) groups excluding carboxylic acids is 1. The van der Waals surface area contributed by atoms with Crippen molar-refractivity contribution in [2.45, 2.75) is 6.42 Å². The Labute approximate surface area is 158 Å². The fourth-order valence-electron chi connectivity index (χ4n) is 2.85. The summed E-state index contributed by atoms with van der Waals surface area (Å²) < 4.78 is 12.4. The highest BCUT2D eigenvalue weighted by atomic mass is 16.5. The van der Waals surface area contributed by atoms with Crippen molar-refractivity contribution in [3.63, 3.8) is 0 Å². The number of carbonyl (C=O) groups is 1. The van der Waals surface area contributed by atoms with Gasteiger partial charge in [-0.25, -0.2) is 4.98 Å². The average molecular weight is 365 g/mol. The molecule has 0 spiro atoms. The van der Waals surface area contributed by atoms with Gasteiger partial charge in [-0.1, -0.05) is 12.1 Å². The molecule has 0 radical (unpaired) electrons. The number of hydrogen-bond donors (Lipinski definition) is 1. The van der Waals surface area contributed by atoms with E-state index < -0.39 is 0 Å². The third-order valence-corrected chi connectivity index (χ3v) is 4.35. The van der Waals surface area contributed by atoms with E-state index in [2.05, 4.69) is 10.3 Å². The molecule has 3 aromatic rings. The van der Waals surface area contributed by atoms with Crippen LogP contribution < -0.4 is 14.8 Å². The molecule has 27 heavy (non-hydrogen) atoms. The lowest BCUT2D eigenvalue weighted by molar-refractivity contribution is -0.116. The topological polar surface area (TPSA) is 65.4 Å². The minimum atomic E-state index is -0.141. The smallest absolute Gasteiger partial charge is 0.244 e. The predicted molar refractivity (Wildman–Crippen MR) is 106 cm³/mol. The maximum absolute atomic E-state index is 12.0. The normalized spacial score (nSPS) is 11.1. The molecule has 0 saturated carbocycles. The highest BCUT2D eigenvalue weighted by Gasteiger charge is 2.08. The second-order valence-electron chi connectivity index (χ2n) is 6.09. The summed E-state index contributed by atoms with van der Waals surface area (Å²) in [6.45, 7) is 0.510. The zero-order chi connectivity index (χ0) is 19.2. The van der Waals surface area contributed by atoms with Gasteiger partial charge in [0.25, 0.3) is 0 Å². The Hall–Kier alpha value is -3.28. The van der Waals surface area contributed by atoms with Crippen molar-refractivity contribution in [3.8, 4) is 11.5 Å². The summed E-state index contributed by atoms with van der Waals surface area (Å²) >= 11 is 0. The first-order valence-corrected chi connectivity index (χ1v) is 8.70. The van der Waals surface area contributed by atoms with E-state index in [-0.39, 0.29) is 5.91 Å². The van der Waals surface area contributed by atoms with Crippen molar-refractivity contribution >= 4 is 23.0 Å². The van der Waals surface area contributed by atoms with Gasteiger partial charge in [0.1, 0.15) is 17.3 Å². The molecule has 3 rings (SSSR count). The number of imidazole rings is 1. The van der Waals surface area contributed by atoms with E-state index in [0.717, 1.165) is 33.9 Å². The molecule has 1 aromatic heterocycles. The second-order valence-corrected chi connectivity index (χ2v) is 6.09. The highest BCUT2D eigenvalue weighted by Crippen LogP contribution is 2.21. The van der Waals surface area contributed by atoms with Gasteiger partial charge in [-0.2, -0.15) is 0 Å². The Balaban J connectivity index is 1.57. The number of aromatic nitrogens is 2. The Morgan fingerprint density at radius 1 is 1.15 bits per heavy atom. The fraction of sp³-hybridized carbons (Fsp3) is 0.238. The molecule has 0 bridgehead atoms. The van der Waals surface area contributed by atoms with E-state index >= 15 is 0 Å². The van der Waals surface area contributed by atoms with Gasteiger partial charge in [0.2, 0.25) is 5.91 Å². The number of hydrogen-bond acceptors (Lipinski definition) is 4. The van der Waals surface area contributed by atoms with E-state index in [9.17, 15) is 4.79 Å². The van der Waals surface area contributed by atoms with Crippen molar-refractivity contribution in [1.29, 1.82) is 0 Å². The predicted octanol–water partition coefficient (Wildman–Crippen LogP) is 2.96. The molecule has 0 aliphatic heterocycles. The molecule has 6 nitrogen and oxygen atoms in total. The van der Waals surface area contributed by atoms with Crippen LogP contribution in [0, 0.1) is 0 Å². The summed E-state index contributed by atoms with van der Waals surface area (Å²) in [5.41, 5.74) is 2.83. The fourth-order valence-corrected chi connectivity index (χ4v) is 2.85. The first kappa shape index (κ1) is 18.5. The number of fused-ring (bicyclic) bond motifs is 1. The number of rotatable bonds is 7. The molecular weight excluding hydrogens is 342 g/mol. The first-order valence-electron chi connectivity index (χ1n) is 8.70. The van der Waals surface area contributed by atoms with Crippen molar-refractivity contribution in [2.75, 3.05) is 20.8 Å². The largest absolute Gasteiger partial charge is 0.497 e. The number of ether oxygens (including phenoxy) is 2. The Kier molecular flexibility index (Phi) is 5.76. The molecule has 6 heteroatoms. The zero-order valence-electron chi connectivity index (χ0n) is 15.7. The summed E-state index contributed by atoms with van der Waals surface area (Å²) in [4.78, 5) is 16.7. The van der Waals surface area contributed by atoms with Gasteiger partial charge in [-0.15, -0.1) is 0 Å². The van der Waals surface area contributed by atoms with Crippen LogP contribution in [0.5, 0.6) is 11.5 Å². The van der Waals surface area contributed by atoms with Crippen LogP contribution in [-0.4, -0.2) is 36.2 Å². The van der Waals surface area contributed by atoms with E-state index in [4.69, 9.17) is 9.47 Å². The maximum atomic E-state index is 12.0. The van der Waals surface area contributed by atoms with Crippen LogP contribution in [0.25, 0.3) is 17.1 Å². The molecule has 0 unspecified atom stereocenters. The molecule has 0 atom stereocenters. The summed E-state index contributed by atoms with van der Waals surface area (Å²) in [5.74, 6) is 2.31. The van der Waals surface area contributed by atoms with Crippen LogP contribution in [0.3, 0.4) is 0 Å². The van der Waals surface area contributed by atoms with Gasteiger partial charge in [0.05, 0.1) is 25.3 Å². The molecule has 0 saturated heterocycles. The molecule has 0 aliphatic carbocycles. The van der Waals surface area contributed by atoms with Gasteiger partial charge in [-0.05, 0) is 35.9 Å². The molecule has 1 amide bonds. The van der Waals surface area contributed by atoms with E-state index in [0.29, 0.717) is 13.0 Å². The number of aryl methyl sites for hydroxylation is 1. The van der Waals surface area contributed by atoms with Crippen molar-refractivity contribution in [3.05, 3.63) is 59.9 Å². The Morgan fingerprint density at radius 2 is 1.93 bits per heavy atom. The number of benzene rings is 2. The summed E-state index contributed by atoms with van der Waals surface area (Å²) in [6, 6.07) is 13.4. The standard InChI is InChI=1S/C21H23N3O3/c1-24-19-9-8-17(27-3)14-18(19)23-20(24)11-12-22-21(25)10-7-15-5-4-6-16(13-15)26-2/h4-10,13-14H,11-12H2,1-3H3,(H,22,25)/b10-7+. The molecule has 0 aliphatic rings. The average Bonchev–Trinajstić information content (AvgIpc) is 3.01. The second kappa shape index (κ2) is 8.40. The monoisotopic (exact) mass is 365 g/mol. The minimum Gasteiger partial charge on any atom is -0.497 e. The molecular formula is C21H23N3O3. The maximum Gasteiger partial charge on any atom is 0.244 e. The van der Waals surface area contributed by atoms with Crippen LogP contribution in [0.4, 0.5) is 0 Å². The summed E-state index contributed by atoms with van der Waals surface area (Å²) in [7, 11) is 5.23. The third-order valence-electron chi connectivity index (χ3n) is 4.35. The molecule has 140 valence electrons. The summed E-state index contributed by atoms with van der Waals surface area (Å²) in [6.07, 6.45) is 3.93. The number of methoxy groups -OCH3 is 2. The van der Waals surface area contributed by atoms with Gasteiger partial charge in [-0.3, -0.25) is 4.79 Å². The minimum absolute atomic E-state index is 0.141. The van der Waals surface area contributed by atoms with E-state index in [1.807, 2.05) is 54.1 Å². The van der Waals surface area contributed by atoms with Crippen LogP contribution in [0.2, 0.25) is 0 Å². The van der Waals surface area contributed by atoms with Crippen LogP contribution in [0.1, 0.15) is 11.4 Å². The van der Waals surface area contributed by atoms with Gasteiger partial charge >= 0.3 is 0 Å². The highest BCUT2D eigenvalue weighted by molar-refractivity contribution is 5.91. The first-order chi connectivity index (χ1) is 13.1. The van der Waals surface area contributed by atoms with Crippen molar-refractivity contribution < 1.29 is 14.3 Å². The van der Waals surface area contributed by atoms with Crippen molar-refractivity contribution in [1.82, 2.24) is 14.9 Å². The Morgan fingerprint density at radius 3 is 2.70 bits per heavy atom. The quantitative estimate of drug-likeness (QED) is 0.654. The van der Waals surface area contributed by atoms with E-state index in [1.165, 1.54) is 6.08 Å². The summed E-state index contributed by atoms with van der Waals surface area (Å²) in [5, 5.41) is 2.89. The number of nitrogens with zero attached hydrogens (tertiary/aromatic N) is 2. The van der Waals surface area contributed by atoms with Gasteiger partial charge in [0, 0.05) is 32.2 Å². The third kappa shape index (κ3) is 4.47. The van der Waals surface area contributed by atoms with Gasteiger partial charge < -0.3 is 19.4 Å². The van der Waals surface area contributed by atoms with Crippen LogP contribution in [-0.2, 0) is 18.3 Å². The number of amides is 1.